The SMILES string of the molecule is C1=COC2=Cc3ccccc3OC2=C1. The van der Waals surface area contributed by atoms with Gasteiger partial charge in [-0.1, -0.05) is 18.2 Å². The molecule has 0 amide bonds. The van der Waals surface area contributed by atoms with Crippen LogP contribution in [0.25, 0.3) is 6.08 Å². The molecule has 0 bridgehead atoms. The van der Waals surface area contributed by atoms with Gasteiger partial charge in [0.2, 0.25) is 0 Å². The summed E-state index contributed by atoms with van der Waals surface area (Å²) in [6.45, 7) is 0. The van der Waals surface area contributed by atoms with Crippen molar-refractivity contribution in [1.29, 1.82) is 0 Å². The van der Waals surface area contributed by atoms with Crippen molar-refractivity contribution in [3.05, 3.63) is 59.8 Å². The quantitative estimate of drug-likeness (QED) is 0.617. The third kappa shape index (κ3) is 1.04. The van der Waals surface area contributed by atoms with Crippen molar-refractivity contribution in [2.75, 3.05) is 0 Å². The Bertz CT molecular complexity index is 467. The first-order valence-electron chi connectivity index (χ1n) is 4.46. The molecule has 0 aromatic heterocycles. The van der Waals surface area contributed by atoms with Gasteiger partial charge in [-0.25, -0.2) is 0 Å². The van der Waals surface area contributed by atoms with Crippen LogP contribution in [0, 0.1) is 0 Å². The first-order chi connectivity index (χ1) is 6.93. The Morgan fingerprint density at radius 3 is 2.93 bits per heavy atom. The Morgan fingerprint density at radius 1 is 1.00 bits per heavy atom. The number of rotatable bonds is 0. The topological polar surface area (TPSA) is 18.5 Å². The van der Waals surface area contributed by atoms with Gasteiger partial charge in [-0.15, -0.1) is 0 Å². The molecule has 2 aliphatic heterocycles. The summed E-state index contributed by atoms with van der Waals surface area (Å²) in [6.07, 6.45) is 7.34. The van der Waals surface area contributed by atoms with E-state index in [1.807, 2.05) is 42.5 Å². The van der Waals surface area contributed by atoms with Gasteiger partial charge < -0.3 is 9.47 Å². The molecule has 0 fully saturated rings. The first kappa shape index (κ1) is 7.44. The van der Waals surface area contributed by atoms with Gasteiger partial charge in [-0.05, 0) is 24.3 Å². The fourth-order valence-electron chi connectivity index (χ4n) is 1.52. The van der Waals surface area contributed by atoms with E-state index in [9.17, 15) is 0 Å². The van der Waals surface area contributed by atoms with Gasteiger partial charge in [-0.2, -0.15) is 0 Å². The molecule has 2 aliphatic rings. The molecule has 0 aliphatic carbocycles. The van der Waals surface area contributed by atoms with E-state index in [1.165, 1.54) is 0 Å². The van der Waals surface area contributed by atoms with Crippen LogP contribution in [0.4, 0.5) is 0 Å². The lowest BCUT2D eigenvalue weighted by molar-refractivity contribution is 0.297. The van der Waals surface area contributed by atoms with Crippen LogP contribution >= 0.6 is 0 Å². The molecular formula is C12H8O2. The Morgan fingerprint density at radius 2 is 1.93 bits per heavy atom. The Kier molecular flexibility index (Phi) is 1.47. The average molecular weight is 184 g/mol. The van der Waals surface area contributed by atoms with Crippen molar-refractivity contribution in [2.24, 2.45) is 0 Å². The third-order valence-electron chi connectivity index (χ3n) is 2.19. The smallest absolute Gasteiger partial charge is 0.170 e. The standard InChI is InChI=1S/C12H8O2/c1-2-5-10-9(4-1)8-12-11(14-10)6-3-7-13-12/h1-8H. The van der Waals surface area contributed by atoms with Crippen LogP contribution in [0.1, 0.15) is 5.56 Å². The molecule has 0 spiro atoms. The van der Waals surface area contributed by atoms with Crippen LogP contribution in [0.15, 0.2) is 54.2 Å². The minimum Gasteiger partial charge on any atom is -0.461 e. The molecule has 3 rings (SSSR count). The van der Waals surface area contributed by atoms with E-state index in [2.05, 4.69) is 0 Å². The number of hydrogen-bond donors (Lipinski definition) is 0. The molecule has 14 heavy (non-hydrogen) atoms. The second-order valence-corrected chi connectivity index (χ2v) is 3.13. The van der Waals surface area contributed by atoms with Gasteiger partial charge in [0.15, 0.2) is 11.5 Å². The van der Waals surface area contributed by atoms with Gasteiger partial charge in [0, 0.05) is 5.56 Å². The van der Waals surface area contributed by atoms with Crippen molar-refractivity contribution < 1.29 is 9.47 Å². The average Bonchev–Trinajstić information content (AvgIpc) is 2.26. The van der Waals surface area contributed by atoms with Crippen molar-refractivity contribution in [3.63, 3.8) is 0 Å². The third-order valence-corrected chi connectivity index (χ3v) is 2.19. The second-order valence-electron chi connectivity index (χ2n) is 3.13. The molecule has 1 aromatic carbocycles. The maximum Gasteiger partial charge on any atom is 0.170 e. The number of ether oxygens (including phenoxy) is 2. The fourth-order valence-corrected chi connectivity index (χ4v) is 1.52. The maximum atomic E-state index is 5.65. The highest BCUT2D eigenvalue weighted by Crippen LogP contribution is 2.32. The molecule has 0 unspecified atom stereocenters. The monoisotopic (exact) mass is 184 g/mol. The molecule has 0 saturated heterocycles. The van der Waals surface area contributed by atoms with E-state index in [0.717, 1.165) is 22.8 Å². The Hall–Kier alpha value is -1.96. The van der Waals surface area contributed by atoms with Crippen molar-refractivity contribution in [1.82, 2.24) is 0 Å². The van der Waals surface area contributed by atoms with Crippen LogP contribution in [-0.2, 0) is 4.74 Å². The number of benzene rings is 1. The van der Waals surface area contributed by atoms with Crippen LogP contribution in [-0.4, -0.2) is 0 Å². The number of hydrogen-bond acceptors (Lipinski definition) is 2. The normalized spacial score (nSPS) is 16.9. The summed E-state index contributed by atoms with van der Waals surface area (Å²) in [5, 5.41) is 0. The molecule has 0 saturated carbocycles. The number of fused-ring (bicyclic) bond motifs is 2. The molecule has 1 aromatic rings. The lowest BCUT2D eigenvalue weighted by Crippen LogP contribution is -2.07. The van der Waals surface area contributed by atoms with Crippen molar-refractivity contribution in [3.8, 4) is 5.75 Å². The largest absolute Gasteiger partial charge is 0.461 e. The van der Waals surface area contributed by atoms with E-state index < -0.39 is 0 Å². The van der Waals surface area contributed by atoms with Crippen LogP contribution in [0.5, 0.6) is 5.75 Å². The molecule has 2 nitrogen and oxygen atoms in total. The number of para-hydroxylation sites is 1. The van der Waals surface area contributed by atoms with Gasteiger partial charge >= 0.3 is 0 Å². The van der Waals surface area contributed by atoms with Crippen LogP contribution in [0.2, 0.25) is 0 Å². The highest BCUT2D eigenvalue weighted by molar-refractivity contribution is 5.65. The fraction of sp³-hybridized carbons (Fsp3) is 0. The zero-order valence-electron chi connectivity index (χ0n) is 7.44. The van der Waals surface area contributed by atoms with E-state index >= 15 is 0 Å². The van der Waals surface area contributed by atoms with Crippen LogP contribution < -0.4 is 4.74 Å². The predicted octanol–water partition coefficient (Wildman–Crippen LogP) is 2.85. The Labute approximate surface area is 81.8 Å². The maximum absolute atomic E-state index is 5.65. The molecule has 0 N–H and O–H groups in total. The van der Waals surface area contributed by atoms with Crippen molar-refractivity contribution >= 4 is 6.08 Å². The summed E-state index contributed by atoms with van der Waals surface area (Å²) in [6, 6.07) is 7.88. The summed E-state index contributed by atoms with van der Waals surface area (Å²) in [4.78, 5) is 0. The Balaban J connectivity index is 2.15. The van der Waals surface area contributed by atoms with E-state index in [-0.39, 0.29) is 0 Å². The summed E-state index contributed by atoms with van der Waals surface area (Å²) in [5.74, 6) is 2.42. The highest BCUT2D eigenvalue weighted by Gasteiger charge is 2.18. The predicted molar refractivity (Wildman–Crippen MR) is 53.4 cm³/mol. The zero-order valence-corrected chi connectivity index (χ0v) is 7.44. The van der Waals surface area contributed by atoms with Crippen molar-refractivity contribution in [2.45, 2.75) is 0 Å². The summed E-state index contributed by atoms with van der Waals surface area (Å²) >= 11 is 0. The molecule has 0 radical (unpaired) electrons. The molecule has 2 heterocycles. The van der Waals surface area contributed by atoms with Gasteiger partial charge in [0.1, 0.15) is 5.75 Å². The molecule has 68 valence electrons. The summed E-state index contributed by atoms with van der Waals surface area (Å²) in [5.41, 5.74) is 1.05. The second kappa shape index (κ2) is 2.77. The molecular weight excluding hydrogens is 176 g/mol. The van der Waals surface area contributed by atoms with Gasteiger partial charge in [-0.3, -0.25) is 0 Å². The van der Waals surface area contributed by atoms with Gasteiger partial charge in [0.05, 0.1) is 6.26 Å². The summed E-state index contributed by atoms with van der Waals surface area (Å²) in [7, 11) is 0. The summed E-state index contributed by atoms with van der Waals surface area (Å²) < 4.78 is 11.0. The number of allylic oxidation sites excluding steroid dienone is 2. The first-order valence-corrected chi connectivity index (χ1v) is 4.46. The lowest BCUT2D eigenvalue weighted by Gasteiger charge is -2.20. The highest BCUT2D eigenvalue weighted by atomic mass is 16.5. The van der Waals surface area contributed by atoms with E-state index in [1.54, 1.807) is 6.26 Å². The lowest BCUT2D eigenvalue weighted by atomic mass is 10.1. The van der Waals surface area contributed by atoms with Crippen LogP contribution in [0.3, 0.4) is 0 Å². The molecule has 2 heteroatoms. The van der Waals surface area contributed by atoms with E-state index in [4.69, 9.17) is 9.47 Å². The van der Waals surface area contributed by atoms with E-state index in [0.29, 0.717) is 0 Å². The zero-order chi connectivity index (χ0) is 9.38. The molecule has 0 atom stereocenters. The van der Waals surface area contributed by atoms with Gasteiger partial charge in [0.25, 0.3) is 0 Å². The minimum absolute atomic E-state index is 0.770. The minimum atomic E-state index is 0.770.